The number of hydrogen-bond donors (Lipinski definition) is 2. The lowest BCUT2D eigenvalue weighted by Crippen LogP contribution is -2.29. The quantitative estimate of drug-likeness (QED) is 0.906. The van der Waals surface area contributed by atoms with Crippen molar-refractivity contribution in [3.05, 3.63) is 48.0 Å². The molecule has 21 heavy (non-hydrogen) atoms. The number of carbonyl (C=O) groups excluding carboxylic acids is 1. The van der Waals surface area contributed by atoms with E-state index in [2.05, 4.69) is 5.32 Å². The van der Waals surface area contributed by atoms with Crippen LogP contribution in [0.25, 0.3) is 10.8 Å². The third kappa shape index (κ3) is 2.61. The minimum absolute atomic E-state index is 0.140. The predicted octanol–water partition coefficient (Wildman–Crippen LogP) is 2.74. The van der Waals surface area contributed by atoms with E-state index in [0.717, 1.165) is 16.3 Å². The summed E-state index contributed by atoms with van der Waals surface area (Å²) in [5.41, 5.74) is 1.05. The van der Waals surface area contributed by atoms with Crippen molar-refractivity contribution in [2.24, 2.45) is 11.8 Å². The highest BCUT2D eigenvalue weighted by Crippen LogP contribution is 2.39. The molecule has 1 saturated carbocycles. The first kappa shape index (κ1) is 13.6. The molecule has 1 amide bonds. The van der Waals surface area contributed by atoms with Crippen LogP contribution in [0.3, 0.4) is 0 Å². The Morgan fingerprint density at radius 1 is 1.14 bits per heavy atom. The molecule has 0 aliphatic heterocycles. The van der Waals surface area contributed by atoms with Gasteiger partial charge in [0, 0.05) is 0 Å². The first-order chi connectivity index (χ1) is 10.1. The summed E-state index contributed by atoms with van der Waals surface area (Å²) in [6.45, 7) is 1.93. The van der Waals surface area contributed by atoms with E-state index in [-0.39, 0.29) is 17.9 Å². The molecule has 4 heteroatoms. The van der Waals surface area contributed by atoms with Crippen LogP contribution in [0.1, 0.15) is 24.9 Å². The average molecular weight is 283 g/mol. The number of carbonyl (C=O) groups is 2. The molecule has 2 aromatic rings. The molecular formula is C17H17NO3. The highest BCUT2D eigenvalue weighted by atomic mass is 16.4. The number of benzene rings is 2. The standard InChI is InChI=1S/C17H17NO3/c1-10(18-16(19)14-9-15(14)17(20)21)12-8-4-6-11-5-2-3-7-13(11)12/h2-8,10,14-15H,9H2,1H3,(H,18,19)(H,20,21). The molecule has 1 aliphatic carbocycles. The Morgan fingerprint density at radius 2 is 1.86 bits per heavy atom. The van der Waals surface area contributed by atoms with E-state index in [1.807, 2.05) is 49.4 Å². The Labute approximate surface area is 122 Å². The summed E-state index contributed by atoms with van der Waals surface area (Å²) in [6, 6.07) is 13.9. The Kier molecular flexibility index (Phi) is 3.37. The maximum Gasteiger partial charge on any atom is 0.307 e. The zero-order valence-electron chi connectivity index (χ0n) is 11.7. The maximum absolute atomic E-state index is 12.1. The SMILES string of the molecule is CC(NC(=O)C1CC1C(=O)O)c1cccc2ccccc12. The summed E-state index contributed by atoms with van der Waals surface area (Å²) in [5, 5.41) is 14.1. The van der Waals surface area contributed by atoms with E-state index in [4.69, 9.17) is 5.11 Å². The van der Waals surface area contributed by atoms with E-state index < -0.39 is 11.9 Å². The van der Waals surface area contributed by atoms with Gasteiger partial charge in [-0.2, -0.15) is 0 Å². The molecule has 2 aromatic carbocycles. The largest absolute Gasteiger partial charge is 0.481 e. The predicted molar refractivity (Wildman–Crippen MR) is 79.7 cm³/mol. The van der Waals surface area contributed by atoms with Gasteiger partial charge in [-0.3, -0.25) is 9.59 Å². The van der Waals surface area contributed by atoms with Crippen molar-refractivity contribution in [1.82, 2.24) is 5.32 Å². The fourth-order valence-electron chi connectivity index (χ4n) is 2.78. The second kappa shape index (κ2) is 5.20. The van der Waals surface area contributed by atoms with Gasteiger partial charge in [-0.15, -0.1) is 0 Å². The summed E-state index contributed by atoms with van der Waals surface area (Å²) in [5.74, 6) is -1.93. The van der Waals surface area contributed by atoms with Gasteiger partial charge >= 0.3 is 5.97 Å². The number of rotatable bonds is 4. The number of hydrogen-bond acceptors (Lipinski definition) is 2. The van der Waals surface area contributed by atoms with Gasteiger partial charge in [0.1, 0.15) is 0 Å². The summed E-state index contributed by atoms with van der Waals surface area (Å²) >= 11 is 0. The number of amides is 1. The van der Waals surface area contributed by atoms with Gasteiger partial charge < -0.3 is 10.4 Å². The van der Waals surface area contributed by atoms with Gasteiger partial charge in [0.05, 0.1) is 17.9 Å². The monoisotopic (exact) mass is 283 g/mol. The Bertz CT molecular complexity index is 705. The second-order valence-corrected chi connectivity index (χ2v) is 5.59. The normalized spacial score (nSPS) is 21.8. The van der Waals surface area contributed by atoms with Gasteiger partial charge in [0.25, 0.3) is 0 Å². The van der Waals surface area contributed by atoms with E-state index >= 15 is 0 Å². The van der Waals surface area contributed by atoms with E-state index in [1.165, 1.54) is 0 Å². The Hall–Kier alpha value is -2.36. The molecule has 1 fully saturated rings. The molecule has 1 aliphatic rings. The Balaban J connectivity index is 1.77. The third-order valence-electron chi connectivity index (χ3n) is 4.09. The van der Waals surface area contributed by atoms with Crippen molar-refractivity contribution in [3.63, 3.8) is 0 Å². The minimum Gasteiger partial charge on any atom is -0.481 e. The van der Waals surface area contributed by atoms with Crippen LogP contribution >= 0.6 is 0 Å². The molecule has 0 radical (unpaired) electrons. The number of nitrogens with one attached hydrogen (secondary N) is 1. The summed E-state index contributed by atoms with van der Waals surface area (Å²) in [4.78, 5) is 22.9. The van der Waals surface area contributed by atoms with Crippen molar-refractivity contribution in [1.29, 1.82) is 0 Å². The molecule has 0 bridgehead atoms. The van der Waals surface area contributed by atoms with Gasteiger partial charge in [-0.25, -0.2) is 0 Å². The zero-order chi connectivity index (χ0) is 15.0. The molecule has 2 N–H and O–H groups in total. The second-order valence-electron chi connectivity index (χ2n) is 5.59. The highest BCUT2D eigenvalue weighted by molar-refractivity contribution is 5.90. The van der Waals surface area contributed by atoms with Crippen LogP contribution < -0.4 is 5.32 Å². The van der Waals surface area contributed by atoms with Crippen LogP contribution in [0.5, 0.6) is 0 Å². The molecule has 3 rings (SSSR count). The van der Waals surface area contributed by atoms with Crippen LogP contribution in [0.15, 0.2) is 42.5 Å². The number of fused-ring (bicyclic) bond motifs is 1. The van der Waals surface area contributed by atoms with E-state index in [1.54, 1.807) is 0 Å². The molecule has 108 valence electrons. The maximum atomic E-state index is 12.1. The molecule has 3 atom stereocenters. The molecule has 0 spiro atoms. The van der Waals surface area contributed by atoms with Crippen molar-refractivity contribution >= 4 is 22.6 Å². The lowest BCUT2D eigenvalue weighted by molar-refractivity contribution is -0.140. The molecular weight excluding hydrogens is 266 g/mol. The number of aliphatic carboxylic acids is 1. The molecule has 0 aromatic heterocycles. The van der Waals surface area contributed by atoms with Crippen molar-refractivity contribution in [2.75, 3.05) is 0 Å². The molecule has 0 saturated heterocycles. The number of carboxylic acid groups (broad SMARTS) is 1. The molecule has 4 nitrogen and oxygen atoms in total. The van der Waals surface area contributed by atoms with Crippen molar-refractivity contribution in [2.45, 2.75) is 19.4 Å². The zero-order valence-corrected chi connectivity index (χ0v) is 11.7. The number of carboxylic acids is 1. The smallest absolute Gasteiger partial charge is 0.307 e. The molecule has 0 heterocycles. The lowest BCUT2D eigenvalue weighted by atomic mass is 9.99. The van der Waals surface area contributed by atoms with Crippen LogP contribution in [-0.2, 0) is 9.59 Å². The first-order valence-corrected chi connectivity index (χ1v) is 7.09. The summed E-state index contributed by atoms with van der Waals surface area (Å²) in [6.07, 6.45) is 0.448. The van der Waals surface area contributed by atoms with Gasteiger partial charge in [0.15, 0.2) is 0 Å². The van der Waals surface area contributed by atoms with E-state index in [0.29, 0.717) is 6.42 Å². The summed E-state index contributed by atoms with van der Waals surface area (Å²) in [7, 11) is 0. The van der Waals surface area contributed by atoms with Crippen LogP contribution in [0, 0.1) is 11.8 Å². The van der Waals surface area contributed by atoms with Gasteiger partial charge in [-0.1, -0.05) is 42.5 Å². The van der Waals surface area contributed by atoms with Crippen LogP contribution in [0.2, 0.25) is 0 Å². The van der Waals surface area contributed by atoms with Crippen molar-refractivity contribution in [3.8, 4) is 0 Å². The molecule has 3 unspecified atom stereocenters. The minimum atomic E-state index is -0.882. The van der Waals surface area contributed by atoms with Gasteiger partial charge in [0.2, 0.25) is 5.91 Å². The van der Waals surface area contributed by atoms with E-state index in [9.17, 15) is 9.59 Å². The average Bonchev–Trinajstić information content (AvgIpc) is 3.27. The fourth-order valence-corrected chi connectivity index (χ4v) is 2.78. The topological polar surface area (TPSA) is 66.4 Å². The van der Waals surface area contributed by atoms with Crippen molar-refractivity contribution < 1.29 is 14.7 Å². The third-order valence-corrected chi connectivity index (χ3v) is 4.09. The lowest BCUT2D eigenvalue weighted by Gasteiger charge is -2.16. The van der Waals surface area contributed by atoms with Crippen LogP contribution in [-0.4, -0.2) is 17.0 Å². The van der Waals surface area contributed by atoms with Gasteiger partial charge in [-0.05, 0) is 29.7 Å². The Morgan fingerprint density at radius 3 is 2.57 bits per heavy atom. The van der Waals surface area contributed by atoms with Crippen LogP contribution in [0.4, 0.5) is 0 Å². The highest BCUT2D eigenvalue weighted by Gasteiger charge is 2.48. The first-order valence-electron chi connectivity index (χ1n) is 7.09. The summed E-state index contributed by atoms with van der Waals surface area (Å²) < 4.78 is 0. The fraction of sp³-hybridized carbons (Fsp3) is 0.294.